The van der Waals surface area contributed by atoms with Crippen LogP contribution in [0.4, 0.5) is 4.79 Å². The lowest BCUT2D eigenvalue weighted by Gasteiger charge is -2.52. The van der Waals surface area contributed by atoms with Crippen LogP contribution in [0.15, 0.2) is 5.16 Å². The number of ether oxygens (including phenoxy) is 1. The summed E-state index contributed by atoms with van der Waals surface area (Å²) in [5, 5.41) is 0.718. The lowest BCUT2D eigenvalue weighted by Crippen LogP contribution is -2.61. The third kappa shape index (κ3) is 6.87. The van der Waals surface area contributed by atoms with Crippen molar-refractivity contribution in [2.75, 3.05) is 45.5 Å². The molecule has 41 heavy (non-hydrogen) atoms. The van der Waals surface area contributed by atoms with Gasteiger partial charge in [0.2, 0.25) is 0 Å². The van der Waals surface area contributed by atoms with Crippen molar-refractivity contribution in [2.45, 2.75) is 115 Å². The maximum Gasteiger partial charge on any atom is 0.410 e. The molecule has 1 spiro atoms. The second kappa shape index (κ2) is 13.6. The fourth-order valence-corrected chi connectivity index (χ4v) is 8.38. The lowest BCUT2D eigenvalue weighted by molar-refractivity contribution is -0.127. The molecule has 4 heterocycles. The van der Waals surface area contributed by atoms with E-state index in [0.29, 0.717) is 23.4 Å². The van der Waals surface area contributed by atoms with Gasteiger partial charge < -0.3 is 14.5 Å². The molecule has 0 aromatic carbocycles. The fourth-order valence-electron chi connectivity index (χ4n) is 7.92. The van der Waals surface area contributed by atoms with Crippen LogP contribution in [0.5, 0.6) is 0 Å². The van der Waals surface area contributed by atoms with Crippen molar-refractivity contribution >= 4 is 23.8 Å². The number of piperidine rings is 2. The topological polar surface area (TPSA) is 78.9 Å². The van der Waals surface area contributed by atoms with E-state index in [-0.39, 0.29) is 17.6 Å². The summed E-state index contributed by atoms with van der Waals surface area (Å²) in [5.74, 6) is 1.14. The second-order valence-electron chi connectivity index (χ2n) is 13.0. The van der Waals surface area contributed by atoms with Gasteiger partial charge in [0, 0.05) is 64.1 Å². The van der Waals surface area contributed by atoms with E-state index in [0.717, 1.165) is 87.9 Å². The molecule has 8 nitrogen and oxygen atoms in total. The van der Waals surface area contributed by atoms with Crippen molar-refractivity contribution < 1.29 is 14.3 Å². The molecule has 1 aromatic heterocycles. The van der Waals surface area contributed by atoms with Crippen LogP contribution in [0.2, 0.25) is 0 Å². The van der Waals surface area contributed by atoms with Gasteiger partial charge in [-0.2, -0.15) is 0 Å². The van der Waals surface area contributed by atoms with Gasteiger partial charge in [0.05, 0.1) is 17.0 Å². The number of likely N-dealkylation sites (tertiary alicyclic amines) is 2. The Morgan fingerprint density at radius 3 is 2.27 bits per heavy atom. The van der Waals surface area contributed by atoms with E-state index in [1.807, 2.05) is 25.0 Å². The Balaban J connectivity index is 1.16. The minimum atomic E-state index is -0.305. The van der Waals surface area contributed by atoms with Gasteiger partial charge >= 0.3 is 6.09 Å². The minimum absolute atomic E-state index is 0.0642. The van der Waals surface area contributed by atoms with Crippen molar-refractivity contribution in [1.29, 1.82) is 0 Å². The molecular formula is C32H51N5O3S. The Labute approximate surface area is 251 Å². The third-order valence-electron chi connectivity index (χ3n) is 10.4. The van der Waals surface area contributed by atoms with Crippen LogP contribution in [0.3, 0.4) is 0 Å². The fraction of sp³-hybridized carbons (Fsp3) is 0.812. The minimum Gasteiger partial charge on any atom is -0.442 e. The van der Waals surface area contributed by atoms with E-state index >= 15 is 0 Å². The number of aromatic nitrogens is 2. The van der Waals surface area contributed by atoms with Crippen LogP contribution in [-0.2, 0) is 4.74 Å². The standard InChI is InChI=1S/C32H51N5O3S/c1-5-6-12-26-22-37(21-25-10-8-7-9-11-25)31(39)40-32(26)15-19-35(20-16-32)27-13-17-36(18-14-27)29(38)28-23(2)33-30(41-4)34-24(28)3/h25-27H,5-22H2,1-4H3. The van der Waals surface area contributed by atoms with Crippen LogP contribution in [0, 0.1) is 25.7 Å². The van der Waals surface area contributed by atoms with Gasteiger partial charge in [0.1, 0.15) is 5.60 Å². The number of amides is 2. The molecule has 0 bridgehead atoms. The lowest BCUT2D eigenvalue weighted by atomic mass is 9.75. The number of unbranched alkanes of at least 4 members (excludes halogenated alkanes) is 1. The molecule has 1 saturated carbocycles. The predicted molar refractivity (Wildman–Crippen MR) is 163 cm³/mol. The van der Waals surface area contributed by atoms with E-state index in [1.54, 1.807) is 0 Å². The Hall–Kier alpha value is -1.87. The van der Waals surface area contributed by atoms with Crippen LogP contribution < -0.4 is 0 Å². The first-order chi connectivity index (χ1) is 19.8. The van der Waals surface area contributed by atoms with E-state index in [9.17, 15) is 9.59 Å². The smallest absolute Gasteiger partial charge is 0.410 e. The SMILES string of the molecule is CCCCC1CN(CC2CCCCC2)C(=O)OC12CCN(C1CCN(C(=O)c3c(C)nc(SC)nc3C)CC1)CC2. The summed E-state index contributed by atoms with van der Waals surface area (Å²) in [7, 11) is 0. The van der Waals surface area contributed by atoms with Crippen LogP contribution in [0.1, 0.15) is 106 Å². The second-order valence-corrected chi connectivity index (χ2v) is 13.8. The van der Waals surface area contributed by atoms with Crippen molar-refractivity contribution in [3.8, 4) is 0 Å². The maximum absolute atomic E-state index is 13.4. The molecule has 2 amide bonds. The molecule has 0 radical (unpaired) electrons. The molecule has 3 aliphatic heterocycles. The van der Waals surface area contributed by atoms with Crippen molar-refractivity contribution in [1.82, 2.24) is 24.7 Å². The van der Waals surface area contributed by atoms with E-state index in [2.05, 4.69) is 26.7 Å². The Morgan fingerprint density at radius 1 is 1.00 bits per heavy atom. The number of aryl methyl sites for hydroxylation is 2. The van der Waals surface area contributed by atoms with Gasteiger partial charge in [-0.15, -0.1) is 0 Å². The monoisotopic (exact) mass is 585 g/mol. The Kier molecular flexibility index (Phi) is 10.2. The number of carbonyl (C=O) groups is 2. The normalized spacial score (nSPS) is 24.6. The highest BCUT2D eigenvalue weighted by atomic mass is 32.2. The zero-order valence-corrected chi connectivity index (χ0v) is 26.6. The Bertz CT molecular complexity index is 1040. The highest BCUT2D eigenvalue weighted by Crippen LogP contribution is 2.42. The molecule has 3 saturated heterocycles. The number of hydrogen-bond donors (Lipinski definition) is 0. The molecule has 1 aliphatic carbocycles. The van der Waals surface area contributed by atoms with Crippen LogP contribution in [-0.4, -0.2) is 93.8 Å². The molecule has 1 atom stereocenters. The van der Waals surface area contributed by atoms with Gasteiger partial charge in [-0.1, -0.05) is 50.8 Å². The van der Waals surface area contributed by atoms with Crippen molar-refractivity contribution in [3.63, 3.8) is 0 Å². The number of nitrogens with zero attached hydrogens (tertiary/aromatic N) is 5. The van der Waals surface area contributed by atoms with Crippen LogP contribution >= 0.6 is 11.8 Å². The number of carbonyl (C=O) groups excluding carboxylic acids is 2. The first-order valence-corrected chi connectivity index (χ1v) is 17.5. The van der Waals surface area contributed by atoms with Crippen LogP contribution in [0.25, 0.3) is 0 Å². The summed E-state index contributed by atoms with van der Waals surface area (Å²) in [6.07, 6.45) is 15.7. The summed E-state index contributed by atoms with van der Waals surface area (Å²) in [6, 6.07) is 0.477. The molecule has 4 fully saturated rings. The van der Waals surface area contributed by atoms with Gasteiger partial charge in [-0.25, -0.2) is 14.8 Å². The van der Waals surface area contributed by atoms with E-state index in [4.69, 9.17) is 4.74 Å². The molecule has 1 aromatic rings. The highest BCUT2D eigenvalue weighted by molar-refractivity contribution is 7.98. The average Bonchev–Trinajstić information content (AvgIpc) is 2.98. The molecule has 5 rings (SSSR count). The summed E-state index contributed by atoms with van der Waals surface area (Å²) in [4.78, 5) is 42.4. The molecule has 0 N–H and O–H groups in total. The van der Waals surface area contributed by atoms with Crippen molar-refractivity contribution in [3.05, 3.63) is 17.0 Å². The van der Waals surface area contributed by atoms with Gasteiger partial charge in [0.15, 0.2) is 5.16 Å². The quantitative estimate of drug-likeness (QED) is 0.270. The van der Waals surface area contributed by atoms with Gasteiger partial charge in [-0.05, 0) is 58.1 Å². The van der Waals surface area contributed by atoms with E-state index < -0.39 is 0 Å². The summed E-state index contributed by atoms with van der Waals surface area (Å²) >= 11 is 1.51. The zero-order chi connectivity index (χ0) is 29.0. The first-order valence-electron chi connectivity index (χ1n) is 16.2. The molecule has 4 aliphatic rings. The Morgan fingerprint density at radius 2 is 1.66 bits per heavy atom. The summed E-state index contributed by atoms with van der Waals surface area (Å²) in [5.41, 5.74) is 1.90. The molecule has 228 valence electrons. The number of hydrogen-bond acceptors (Lipinski definition) is 7. The third-order valence-corrected chi connectivity index (χ3v) is 10.9. The number of thioether (sulfide) groups is 1. The van der Waals surface area contributed by atoms with Crippen molar-refractivity contribution in [2.24, 2.45) is 11.8 Å². The summed E-state index contributed by atoms with van der Waals surface area (Å²) < 4.78 is 6.44. The van der Waals surface area contributed by atoms with Gasteiger partial charge in [0.25, 0.3) is 5.91 Å². The molecular weight excluding hydrogens is 534 g/mol. The first kappa shape index (κ1) is 30.6. The maximum atomic E-state index is 13.4. The largest absolute Gasteiger partial charge is 0.442 e. The molecule has 9 heteroatoms. The predicted octanol–water partition coefficient (Wildman–Crippen LogP) is 6.09. The number of rotatable bonds is 8. The summed E-state index contributed by atoms with van der Waals surface area (Å²) in [6.45, 7) is 11.3. The van der Waals surface area contributed by atoms with E-state index in [1.165, 1.54) is 56.7 Å². The van der Waals surface area contributed by atoms with Gasteiger partial charge in [-0.3, -0.25) is 9.69 Å². The average molecular weight is 586 g/mol. The molecule has 1 unspecified atom stereocenters. The highest BCUT2D eigenvalue weighted by Gasteiger charge is 2.50. The zero-order valence-electron chi connectivity index (χ0n) is 25.8.